The summed E-state index contributed by atoms with van der Waals surface area (Å²) >= 11 is 0. The second-order valence-electron chi connectivity index (χ2n) is 4.15. The third-order valence-corrected chi connectivity index (χ3v) is 2.92. The van der Waals surface area contributed by atoms with Crippen molar-refractivity contribution in [3.8, 4) is 5.75 Å². The molecule has 0 bridgehead atoms. The largest absolute Gasteiger partial charge is 0.493 e. The number of methoxy groups -OCH3 is 1. The Morgan fingerprint density at radius 2 is 2.41 bits per heavy atom. The molecule has 1 heterocycles. The summed E-state index contributed by atoms with van der Waals surface area (Å²) in [6.45, 7) is 2.62. The standard InChI is InChI=1S/C13H19NO3/c1-16-8-6-14-9-12(15)11-4-2-3-10-5-7-17-13(10)11/h2-4,12,14-15H,5-9H2,1H3. The van der Waals surface area contributed by atoms with Crippen LogP contribution in [0.25, 0.3) is 0 Å². The van der Waals surface area contributed by atoms with Gasteiger partial charge in [0.15, 0.2) is 0 Å². The highest BCUT2D eigenvalue weighted by Crippen LogP contribution is 2.33. The number of fused-ring (bicyclic) bond motifs is 1. The van der Waals surface area contributed by atoms with Gasteiger partial charge in [0.2, 0.25) is 0 Å². The third kappa shape index (κ3) is 2.97. The molecule has 1 aliphatic rings. The van der Waals surface area contributed by atoms with Gasteiger partial charge in [-0.05, 0) is 5.56 Å². The lowest BCUT2D eigenvalue weighted by Gasteiger charge is -2.15. The van der Waals surface area contributed by atoms with Gasteiger partial charge in [0, 0.05) is 32.2 Å². The number of para-hydroxylation sites is 1. The predicted octanol–water partition coefficient (Wildman–Crippen LogP) is 0.891. The minimum atomic E-state index is -0.528. The summed E-state index contributed by atoms with van der Waals surface area (Å²) in [5.74, 6) is 0.869. The van der Waals surface area contributed by atoms with E-state index < -0.39 is 6.10 Å². The van der Waals surface area contributed by atoms with E-state index in [0.717, 1.165) is 30.9 Å². The van der Waals surface area contributed by atoms with Crippen LogP contribution in [-0.2, 0) is 11.2 Å². The molecular formula is C13H19NO3. The zero-order chi connectivity index (χ0) is 12.1. The average Bonchev–Trinajstić information content (AvgIpc) is 2.82. The number of hydrogen-bond acceptors (Lipinski definition) is 4. The molecule has 4 heteroatoms. The quantitative estimate of drug-likeness (QED) is 0.721. The van der Waals surface area contributed by atoms with E-state index in [9.17, 15) is 5.11 Å². The topological polar surface area (TPSA) is 50.7 Å². The lowest BCUT2D eigenvalue weighted by molar-refractivity contribution is 0.158. The van der Waals surface area contributed by atoms with E-state index in [-0.39, 0.29) is 0 Å². The van der Waals surface area contributed by atoms with Crippen LogP contribution < -0.4 is 10.1 Å². The molecule has 0 saturated carbocycles. The average molecular weight is 237 g/mol. The zero-order valence-corrected chi connectivity index (χ0v) is 10.1. The Balaban J connectivity index is 1.95. The lowest BCUT2D eigenvalue weighted by atomic mass is 10.0. The number of hydrogen-bond donors (Lipinski definition) is 2. The number of aliphatic hydroxyl groups excluding tert-OH is 1. The molecule has 1 aromatic rings. The first-order valence-corrected chi connectivity index (χ1v) is 5.95. The van der Waals surface area contributed by atoms with Crippen LogP contribution in [0.1, 0.15) is 17.2 Å². The SMILES string of the molecule is COCCNCC(O)c1cccc2c1OCC2. The molecule has 94 valence electrons. The molecule has 1 unspecified atom stereocenters. The summed E-state index contributed by atoms with van der Waals surface area (Å²) in [5, 5.41) is 13.2. The number of ether oxygens (including phenoxy) is 2. The molecule has 0 spiro atoms. The Kier molecular flexibility index (Phi) is 4.36. The molecule has 17 heavy (non-hydrogen) atoms. The lowest BCUT2D eigenvalue weighted by Crippen LogP contribution is -2.25. The summed E-state index contributed by atoms with van der Waals surface area (Å²) in [6, 6.07) is 5.95. The van der Waals surface area contributed by atoms with Crippen molar-refractivity contribution in [1.82, 2.24) is 5.32 Å². The molecule has 1 aromatic carbocycles. The van der Waals surface area contributed by atoms with Crippen LogP contribution in [0.5, 0.6) is 5.75 Å². The summed E-state index contributed by atoms with van der Waals surface area (Å²) in [4.78, 5) is 0. The number of aliphatic hydroxyl groups is 1. The summed E-state index contributed by atoms with van der Waals surface area (Å²) in [5.41, 5.74) is 2.07. The first-order valence-electron chi connectivity index (χ1n) is 5.95. The van der Waals surface area contributed by atoms with E-state index in [4.69, 9.17) is 9.47 Å². The van der Waals surface area contributed by atoms with Gasteiger partial charge in [-0.15, -0.1) is 0 Å². The van der Waals surface area contributed by atoms with Crippen LogP contribution in [0.4, 0.5) is 0 Å². The highest BCUT2D eigenvalue weighted by molar-refractivity contribution is 5.45. The Morgan fingerprint density at radius 1 is 1.53 bits per heavy atom. The van der Waals surface area contributed by atoms with Gasteiger partial charge in [-0.3, -0.25) is 0 Å². The first-order chi connectivity index (χ1) is 8.33. The molecule has 0 fully saturated rings. The molecule has 2 rings (SSSR count). The van der Waals surface area contributed by atoms with E-state index >= 15 is 0 Å². The van der Waals surface area contributed by atoms with E-state index in [2.05, 4.69) is 11.4 Å². The van der Waals surface area contributed by atoms with Crippen molar-refractivity contribution in [1.29, 1.82) is 0 Å². The van der Waals surface area contributed by atoms with E-state index in [1.54, 1.807) is 7.11 Å². The maximum Gasteiger partial charge on any atom is 0.128 e. The monoisotopic (exact) mass is 237 g/mol. The van der Waals surface area contributed by atoms with Crippen molar-refractivity contribution in [2.75, 3.05) is 33.4 Å². The smallest absolute Gasteiger partial charge is 0.128 e. The van der Waals surface area contributed by atoms with Gasteiger partial charge in [-0.1, -0.05) is 18.2 Å². The van der Waals surface area contributed by atoms with Crippen molar-refractivity contribution < 1.29 is 14.6 Å². The van der Waals surface area contributed by atoms with Gasteiger partial charge < -0.3 is 19.9 Å². The van der Waals surface area contributed by atoms with E-state index in [1.165, 1.54) is 5.56 Å². The Bertz CT molecular complexity index is 368. The zero-order valence-electron chi connectivity index (χ0n) is 10.1. The van der Waals surface area contributed by atoms with Crippen LogP contribution in [0.15, 0.2) is 18.2 Å². The molecule has 4 nitrogen and oxygen atoms in total. The fraction of sp³-hybridized carbons (Fsp3) is 0.538. The molecule has 2 N–H and O–H groups in total. The molecule has 1 atom stereocenters. The third-order valence-electron chi connectivity index (χ3n) is 2.92. The van der Waals surface area contributed by atoms with Crippen molar-refractivity contribution in [3.63, 3.8) is 0 Å². The van der Waals surface area contributed by atoms with Gasteiger partial charge in [0.25, 0.3) is 0 Å². The van der Waals surface area contributed by atoms with Crippen LogP contribution in [0.2, 0.25) is 0 Å². The fourth-order valence-electron chi connectivity index (χ4n) is 2.03. The van der Waals surface area contributed by atoms with Gasteiger partial charge in [-0.2, -0.15) is 0 Å². The van der Waals surface area contributed by atoms with Crippen LogP contribution in [0, 0.1) is 0 Å². The second kappa shape index (κ2) is 6.00. The van der Waals surface area contributed by atoms with Gasteiger partial charge in [0.05, 0.1) is 19.3 Å². The van der Waals surface area contributed by atoms with Crippen LogP contribution in [-0.4, -0.2) is 38.5 Å². The highest BCUT2D eigenvalue weighted by atomic mass is 16.5. The number of benzene rings is 1. The number of nitrogens with one attached hydrogen (secondary N) is 1. The van der Waals surface area contributed by atoms with Crippen molar-refractivity contribution in [3.05, 3.63) is 29.3 Å². The van der Waals surface area contributed by atoms with Gasteiger partial charge >= 0.3 is 0 Å². The van der Waals surface area contributed by atoms with E-state index in [0.29, 0.717) is 13.2 Å². The molecule has 1 aliphatic heterocycles. The fourth-order valence-corrected chi connectivity index (χ4v) is 2.03. The number of rotatable bonds is 6. The van der Waals surface area contributed by atoms with Gasteiger partial charge in [0.1, 0.15) is 5.75 Å². The molecule has 0 aliphatic carbocycles. The highest BCUT2D eigenvalue weighted by Gasteiger charge is 2.20. The normalized spacial score (nSPS) is 15.4. The molecule has 0 aromatic heterocycles. The Labute approximate surface area is 102 Å². The summed E-state index contributed by atoms with van der Waals surface area (Å²) in [6.07, 6.45) is 0.410. The molecule has 0 saturated heterocycles. The van der Waals surface area contributed by atoms with Crippen LogP contribution >= 0.6 is 0 Å². The van der Waals surface area contributed by atoms with Crippen LogP contribution in [0.3, 0.4) is 0 Å². The van der Waals surface area contributed by atoms with Crippen molar-refractivity contribution >= 4 is 0 Å². The summed E-state index contributed by atoms with van der Waals surface area (Å²) in [7, 11) is 1.66. The van der Waals surface area contributed by atoms with Crippen molar-refractivity contribution in [2.24, 2.45) is 0 Å². The summed E-state index contributed by atoms with van der Waals surface area (Å²) < 4.78 is 10.5. The minimum absolute atomic E-state index is 0.517. The Hall–Kier alpha value is -1.10. The minimum Gasteiger partial charge on any atom is -0.493 e. The maximum atomic E-state index is 10.1. The van der Waals surface area contributed by atoms with Crippen molar-refractivity contribution in [2.45, 2.75) is 12.5 Å². The van der Waals surface area contributed by atoms with Gasteiger partial charge in [-0.25, -0.2) is 0 Å². The second-order valence-corrected chi connectivity index (χ2v) is 4.15. The van der Waals surface area contributed by atoms with E-state index in [1.807, 2.05) is 12.1 Å². The first kappa shape index (κ1) is 12.4. The Morgan fingerprint density at radius 3 is 3.24 bits per heavy atom. The maximum absolute atomic E-state index is 10.1. The molecular weight excluding hydrogens is 218 g/mol. The molecule has 0 amide bonds. The molecule has 0 radical (unpaired) electrons. The predicted molar refractivity (Wildman–Crippen MR) is 65.3 cm³/mol.